The van der Waals surface area contributed by atoms with Crippen LogP contribution in [0.3, 0.4) is 0 Å². The van der Waals surface area contributed by atoms with Crippen LogP contribution in [-0.4, -0.2) is 8.07 Å². The molecule has 0 radical (unpaired) electrons. The Morgan fingerprint density at radius 2 is 1.55 bits per heavy atom. The number of benzene rings is 3. The van der Waals surface area contributed by atoms with Crippen LogP contribution in [0.4, 0.5) is 0 Å². The molecule has 1 nitrogen and oxygen atoms in total. The minimum Gasteiger partial charge on any atom is -0.198 e. The summed E-state index contributed by atoms with van der Waals surface area (Å²) in [4.78, 5) is 0. The molecule has 0 bridgehead atoms. The van der Waals surface area contributed by atoms with Crippen molar-refractivity contribution < 1.29 is 4.57 Å². The summed E-state index contributed by atoms with van der Waals surface area (Å²) in [6.45, 7) is 9.36. The molecule has 0 saturated heterocycles. The number of aromatic nitrogens is 1. The maximum Gasteiger partial charge on any atom is 0.220 e. The van der Waals surface area contributed by atoms with Gasteiger partial charge >= 0.3 is 0 Å². The number of aryl methyl sites for hydroxylation is 2. The van der Waals surface area contributed by atoms with E-state index in [1.807, 2.05) is 11.3 Å². The highest BCUT2D eigenvalue weighted by atomic mass is 32.1. The molecule has 0 N–H and O–H groups in total. The molecule has 31 heavy (non-hydrogen) atoms. The zero-order valence-electron chi connectivity index (χ0n) is 18.9. The number of pyridine rings is 1. The van der Waals surface area contributed by atoms with Crippen molar-refractivity contribution >= 4 is 50.6 Å². The molecular formula is C28H28NSSi+. The molecule has 3 aromatic carbocycles. The molecule has 0 amide bonds. The molecular weight excluding hydrogens is 410 g/mol. The second-order valence-electron chi connectivity index (χ2n) is 9.11. The van der Waals surface area contributed by atoms with Crippen molar-refractivity contribution in [2.45, 2.75) is 26.9 Å². The summed E-state index contributed by atoms with van der Waals surface area (Å²) in [6.07, 6.45) is 0. The van der Waals surface area contributed by atoms with Crippen LogP contribution in [0.1, 0.15) is 11.3 Å². The van der Waals surface area contributed by atoms with Crippen LogP contribution in [-0.2, 0) is 7.05 Å². The Hall–Kier alpha value is -2.75. The summed E-state index contributed by atoms with van der Waals surface area (Å²) in [5.74, 6) is 0. The van der Waals surface area contributed by atoms with E-state index >= 15 is 0 Å². The van der Waals surface area contributed by atoms with Gasteiger partial charge in [-0.1, -0.05) is 65.9 Å². The first-order valence-corrected chi connectivity index (χ1v) is 14.7. The lowest BCUT2D eigenvalue weighted by molar-refractivity contribution is -0.665. The second kappa shape index (κ2) is 7.43. The highest BCUT2D eigenvalue weighted by Crippen LogP contribution is 2.33. The summed E-state index contributed by atoms with van der Waals surface area (Å²) in [5.41, 5.74) is 5.26. The SMILES string of the molecule is Cc1cc2ccsc2cc1-c1c2ccc([Si](C)(C)c3ccccc3)cc2cc(C)[n+]1C. The van der Waals surface area contributed by atoms with E-state index < -0.39 is 8.07 Å². The number of fused-ring (bicyclic) bond motifs is 2. The average molecular weight is 439 g/mol. The van der Waals surface area contributed by atoms with Crippen LogP contribution >= 0.6 is 11.3 Å². The average Bonchev–Trinajstić information content (AvgIpc) is 3.22. The third-order valence-corrected chi connectivity index (χ3v) is 11.2. The van der Waals surface area contributed by atoms with Crippen molar-refractivity contribution in [3.63, 3.8) is 0 Å². The molecule has 3 heteroatoms. The van der Waals surface area contributed by atoms with Crippen LogP contribution in [0, 0.1) is 13.8 Å². The van der Waals surface area contributed by atoms with Crippen LogP contribution in [0.5, 0.6) is 0 Å². The summed E-state index contributed by atoms with van der Waals surface area (Å²) >= 11 is 1.82. The predicted octanol–water partition coefficient (Wildman–Crippen LogP) is 5.99. The highest BCUT2D eigenvalue weighted by molar-refractivity contribution is 7.17. The zero-order chi connectivity index (χ0) is 21.8. The molecule has 2 aromatic heterocycles. The first kappa shape index (κ1) is 20.2. The van der Waals surface area contributed by atoms with Gasteiger partial charge in [0, 0.05) is 17.7 Å². The minimum absolute atomic E-state index is 1.28. The fourth-order valence-electron chi connectivity index (χ4n) is 4.69. The summed E-state index contributed by atoms with van der Waals surface area (Å²) in [5, 5.41) is 9.15. The largest absolute Gasteiger partial charge is 0.220 e. The van der Waals surface area contributed by atoms with E-state index in [0.717, 1.165) is 0 Å². The van der Waals surface area contributed by atoms with Crippen LogP contribution in [0.25, 0.3) is 32.1 Å². The normalized spacial score (nSPS) is 12.0. The van der Waals surface area contributed by atoms with Gasteiger partial charge in [0.05, 0.1) is 10.9 Å². The minimum atomic E-state index is -1.74. The van der Waals surface area contributed by atoms with E-state index in [4.69, 9.17) is 0 Å². The lowest BCUT2D eigenvalue weighted by atomic mass is 9.98. The van der Waals surface area contributed by atoms with Crippen LogP contribution < -0.4 is 14.9 Å². The molecule has 5 aromatic rings. The number of rotatable bonds is 3. The van der Waals surface area contributed by atoms with E-state index in [2.05, 4.69) is 117 Å². The highest BCUT2D eigenvalue weighted by Gasteiger charge is 2.27. The molecule has 0 aliphatic heterocycles. The molecule has 5 rings (SSSR count). The molecule has 2 heterocycles. The zero-order valence-corrected chi connectivity index (χ0v) is 20.7. The first-order valence-electron chi connectivity index (χ1n) is 10.8. The van der Waals surface area contributed by atoms with Crippen molar-refractivity contribution in [1.82, 2.24) is 0 Å². The Balaban J connectivity index is 1.75. The molecule has 154 valence electrons. The Bertz CT molecular complexity index is 1430. The van der Waals surface area contributed by atoms with Gasteiger partial charge in [-0.25, -0.2) is 0 Å². The monoisotopic (exact) mass is 438 g/mol. The number of nitrogens with zero attached hydrogens (tertiary/aromatic N) is 1. The number of hydrogen-bond donors (Lipinski definition) is 0. The first-order chi connectivity index (χ1) is 14.9. The van der Waals surface area contributed by atoms with Crippen molar-refractivity contribution in [1.29, 1.82) is 0 Å². The molecule has 0 unspecified atom stereocenters. The predicted molar refractivity (Wildman–Crippen MR) is 139 cm³/mol. The van der Waals surface area contributed by atoms with E-state index in [1.165, 1.54) is 53.7 Å². The topological polar surface area (TPSA) is 3.88 Å². The Kier molecular flexibility index (Phi) is 4.84. The maximum atomic E-state index is 2.45. The standard InChI is InChI=1S/C28H28NSSi/c1-19-15-21-13-14-30-27(21)18-26(19)28-25-12-11-24(17-22(25)16-20(2)29(28)3)31(4,5)23-9-7-6-8-10-23/h6-18H,1-5H3/q+1. The van der Waals surface area contributed by atoms with E-state index in [9.17, 15) is 0 Å². The molecule has 0 atom stereocenters. The number of thiophene rings is 1. The van der Waals surface area contributed by atoms with Crippen molar-refractivity contribution in [3.05, 3.63) is 89.4 Å². The van der Waals surface area contributed by atoms with E-state index in [1.54, 1.807) is 0 Å². The Morgan fingerprint density at radius 3 is 2.32 bits per heavy atom. The van der Waals surface area contributed by atoms with Gasteiger partial charge in [0.25, 0.3) is 0 Å². The van der Waals surface area contributed by atoms with E-state index in [-0.39, 0.29) is 0 Å². The quantitative estimate of drug-likeness (QED) is 0.241. The molecule has 0 saturated carbocycles. The van der Waals surface area contributed by atoms with E-state index in [0.29, 0.717) is 0 Å². The van der Waals surface area contributed by atoms with Gasteiger partial charge in [-0.05, 0) is 52.9 Å². The summed E-state index contributed by atoms with van der Waals surface area (Å²) < 4.78 is 3.70. The fraction of sp³-hybridized carbons (Fsp3) is 0.179. The number of hydrogen-bond acceptors (Lipinski definition) is 1. The third kappa shape index (κ3) is 3.33. The van der Waals surface area contributed by atoms with Gasteiger partial charge in [-0.3, -0.25) is 0 Å². The van der Waals surface area contributed by atoms with Crippen LogP contribution in [0.2, 0.25) is 13.1 Å². The Morgan fingerprint density at radius 1 is 0.774 bits per heavy atom. The van der Waals surface area contributed by atoms with Gasteiger partial charge in [0.1, 0.15) is 15.1 Å². The maximum absolute atomic E-state index is 2.45. The van der Waals surface area contributed by atoms with Crippen molar-refractivity contribution in [3.8, 4) is 11.3 Å². The van der Waals surface area contributed by atoms with Gasteiger partial charge < -0.3 is 0 Å². The molecule has 0 fully saturated rings. The van der Waals surface area contributed by atoms with Gasteiger partial charge in [-0.15, -0.1) is 11.3 Å². The smallest absolute Gasteiger partial charge is 0.198 e. The third-order valence-electron chi connectivity index (χ3n) is 6.81. The molecule has 0 aliphatic rings. The summed E-state index contributed by atoms with van der Waals surface area (Å²) in [6, 6.07) is 27.5. The lowest BCUT2D eigenvalue weighted by Gasteiger charge is -2.24. The molecule has 0 spiro atoms. The molecule has 0 aliphatic carbocycles. The second-order valence-corrected chi connectivity index (χ2v) is 14.5. The van der Waals surface area contributed by atoms with Crippen molar-refractivity contribution in [2.24, 2.45) is 7.05 Å². The Labute approximate surface area is 189 Å². The van der Waals surface area contributed by atoms with Gasteiger partial charge in [0.15, 0.2) is 5.69 Å². The fourth-order valence-corrected chi connectivity index (χ4v) is 7.88. The van der Waals surface area contributed by atoms with Gasteiger partial charge in [-0.2, -0.15) is 4.57 Å². The van der Waals surface area contributed by atoms with Gasteiger partial charge in [0.2, 0.25) is 5.69 Å². The lowest BCUT2D eigenvalue weighted by Crippen LogP contribution is -2.52. The van der Waals surface area contributed by atoms with Crippen molar-refractivity contribution in [2.75, 3.05) is 0 Å². The summed E-state index contributed by atoms with van der Waals surface area (Å²) in [7, 11) is 0.450. The van der Waals surface area contributed by atoms with Crippen LogP contribution in [0.15, 0.2) is 78.2 Å².